The number of rotatable bonds is 10. The molecule has 1 saturated heterocycles. The Balaban J connectivity index is 1.34. The smallest absolute Gasteiger partial charge is 0.319 e. The largest absolute Gasteiger partial charge is 0.508 e. The van der Waals surface area contributed by atoms with Crippen LogP contribution in [0.4, 0.5) is 24.7 Å². The number of fused-ring (bicyclic) bond motifs is 2. The predicted molar refractivity (Wildman–Crippen MR) is 195 cm³/mol. The molecule has 2 fully saturated rings. The molecule has 1 saturated carbocycles. The average Bonchev–Trinajstić information content (AvgIpc) is 3.77. The van der Waals surface area contributed by atoms with Crippen LogP contribution >= 0.6 is 0 Å². The van der Waals surface area contributed by atoms with Crippen molar-refractivity contribution < 1.29 is 27.8 Å². The highest BCUT2D eigenvalue weighted by Gasteiger charge is 2.44. The molecule has 0 radical (unpaired) electrons. The van der Waals surface area contributed by atoms with Crippen LogP contribution in [-0.4, -0.2) is 84.8 Å². The van der Waals surface area contributed by atoms with Crippen molar-refractivity contribution in [2.45, 2.75) is 56.3 Å². The average molecular weight is 723 g/mol. The van der Waals surface area contributed by atoms with E-state index in [0.717, 1.165) is 25.7 Å². The van der Waals surface area contributed by atoms with Crippen molar-refractivity contribution in [3.8, 4) is 35.4 Å². The second kappa shape index (κ2) is 13.9. The molecule has 0 bridgehead atoms. The predicted octanol–water partition coefficient (Wildman–Crippen LogP) is 6.36. The van der Waals surface area contributed by atoms with Gasteiger partial charge >= 0.3 is 6.01 Å². The monoisotopic (exact) mass is 722 g/mol. The van der Waals surface area contributed by atoms with Crippen LogP contribution in [0, 0.1) is 24.0 Å². The first kappa shape index (κ1) is 35.4. The number of halogens is 3. The van der Waals surface area contributed by atoms with Crippen molar-refractivity contribution in [1.82, 2.24) is 29.8 Å². The summed E-state index contributed by atoms with van der Waals surface area (Å²) in [6.07, 6.45) is 15.2. The van der Waals surface area contributed by atoms with E-state index in [4.69, 9.17) is 11.2 Å². The van der Waals surface area contributed by atoms with E-state index >= 15 is 4.39 Å². The third-order valence-corrected chi connectivity index (χ3v) is 10.5. The van der Waals surface area contributed by atoms with Gasteiger partial charge in [0.05, 0.1) is 46.7 Å². The lowest BCUT2D eigenvalue weighted by Gasteiger charge is -2.38. The Labute approximate surface area is 304 Å². The van der Waals surface area contributed by atoms with E-state index in [2.05, 4.69) is 42.7 Å². The van der Waals surface area contributed by atoms with Crippen LogP contribution in [-0.2, 0) is 4.79 Å². The number of carbonyl (C=O) groups is 1. The number of ether oxygens (including phenoxy) is 1. The molecule has 7 rings (SSSR count). The number of aromatic nitrogens is 5. The molecule has 2 aliphatic rings. The first-order valence-corrected chi connectivity index (χ1v) is 17.2. The van der Waals surface area contributed by atoms with Gasteiger partial charge in [-0.05, 0) is 49.4 Å². The highest BCUT2D eigenvalue weighted by atomic mass is 19.1. The number of carbonyl (C=O) groups excluding carboxylic acids is 1. The van der Waals surface area contributed by atoms with Gasteiger partial charge in [-0.2, -0.15) is 9.97 Å². The molecule has 1 aliphatic heterocycles. The van der Waals surface area contributed by atoms with Crippen LogP contribution in [0.2, 0.25) is 0 Å². The summed E-state index contributed by atoms with van der Waals surface area (Å²) >= 11 is 0. The van der Waals surface area contributed by atoms with Crippen molar-refractivity contribution in [1.29, 1.82) is 0 Å². The summed E-state index contributed by atoms with van der Waals surface area (Å²) in [5, 5.41) is 14.7. The van der Waals surface area contributed by atoms with Crippen LogP contribution in [0.1, 0.15) is 44.6 Å². The number of phenols is 1. The number of benzene rings is 2. The van der Waals surface area contributed by atoms with Crippen molar-refractivity contribution in [2.75, 3.05) is 37.0 Å². The minimum atomic E-state index is -1.16. The van der Waals surface area contributed by atoms with Gasteiger partial charge in [0.25, 0.3) is 0 Å². The number of aromatic hydroxyl groups is 1. The first-order chi connectivity index (χ1) is 25.5. The zero-order valence-corrected chi connectivity index (χ0v) is 29.2. The number of anilines is 2. The molecule has 2 aromatic carbocycles. The number of nitrogens with one attached hydrogen (secondary N) is 1. The molecule has 4 heterocycles. The number of hydrogen-bond acceptors (Lipinski definition) is 10. The highest BCUT2D eigenvalue weighted by molar-refractivity contribution is 6.03. The fourth-order valence-corrected chi connectivity index (χ4v) is 7.73. The second-order valence-corrected chi connectivity index (χ2v) is 13.9. The summed E-state index contributed by atoms with van der Waals surface area (Å²) in [4.78, 5) is 38.0. The van der Waals surface area contributed by atoms with E-state index in [1.54, 1.807) is 24.3 Å². The van der Waals surface area contributed by atoms with Crippen LogP contribution in [0.5, 0.6) is 11.8 Å². The van der Waals surface area contributed by atoms with Gasteiger partial charge in [-0.3, -0.25) is 9.78 Å². The molecule has 14 heteroatoms. The van der Waals surface area contributed by atoms with Crippen molar-refractivity contribution >= 4 is 39.1 Å². The molecule has 5 aromatic rings. The lowest BCUT2D eigenvalue weighted by atomic mass is 9.95. The Hall–Kier alpha value is -5.97. The van der Waals surface area contributed by atoms with E-state index in [1.807, 2.05) is 11.8 Å². The van der Waals surface area contributed by atoms with Gasteiger partial charge < -0.3 is 25.0 Å². The molecule has 0 spiro atoms. The molecule has 1 amide bonds. The summed E-state index contributed by atoms with van der Waals surface area (Å²) in [5.41, 5.74) is -1.29. The fourth-order valence-electron chi connectivity index (χ4n) is 7.73. The number of terminal acetylenes is 1. The van der Waals surface area contributed by atoms with Gasteiger partial charge in [0.2, 0.25) is 5.91 Å². The number of nitrogens with zero attached hydrogens (tertiary/aromatic N) is 7. The Bertz CT molecular complexity index is 2280. The van der Waals surface area contributed by atoms with Crippen LogP contribution < -0.4 is 15.0 Å². The minimum absolute atomic E-state index is 0.0603. The van der Waals surface area contributed by atoms with Gasteiger partial charge in [-0.15, -0.1) is 6.42 Å². The molecular weight excluding hydrogens is 685 g/mol. The number of hydrogen-bond donors (Lipinski definition) is 2. The molecule has 3 aromatic heterocycles. The van der Waals surface area contributed by atoms with E-state index in [1.165, 1.54) is 42.9 Å². The molecule has 2 N–H and O–H groups in total. The molecule has 11 nitrogen and oxygen atoms in total. The number of pyridine rings is 1. The molecule has 2 atom stereocenters. The number of phenolic OH excluding ortho intramolecular Hbond substituents is 1. The Morgan fingerprint density at radius 2 is 1.96 bits per heavy atom. The Morgan fingerprint density at radius 3 is 2.68 bits per heavy atom. The molecule has 53 heavy (non-hydrogen) atoms. The van der Waals surface area contributed by atoms with Crippen LogP contribution in [0.3, 0.4) is 0 Å². The first-order valence-electron chi connectivity index (χ1n) is 17.2. The summed E-state index contributed by atoms with van der Waals surface area (Å²) in [5.74, 6) is 0.511. The highest BCUT2D eigenvalue weighted by Crippen LogP contribution is 2.40. The topological polar surface area (TPSA) is 129 Å². The third kappa shape index (κ3) is 6.41. The van der Waals surface area contributed by atoms with Gasteiger partial charge in [-0.1, -0.05) is 31.4 Å². The zero-order chi connectivity index (χ0) is 37.5. The summed E-state index contributed by atoms with van der Waals surface area (Å²) < 4.78 is 53.0. The lowest BCUT2D eigenvalue weighted by Crippen LogP contribution is -2.51. The standard InChI is InChI=1S/C39H37F3N8O3/c1-5-27-30(41)10-9-23-13-26(51)14-28(32(23)27)34-33(42)35-29(18-45-34)36(46-20-39(11-7-8-12-39)49(4)31(52)6-2)48-37(47-35)53-21-38(3)15-24(40)19-50(38)25-16-43-22-44-17-25/h1,6,9-10,13-14,16-18,22,24,51H,2,7-8,11-12,15,19-21H2,3-4H3,(H,46,47,48)/t24-,38+/m1/s1. The summed E-state index contributed by atoms with van der Waals surface area (Å²) in [6, 6.07) is 5.09. The number of likely N-dealkylation sites (N-methyl/N-ethyl adjacent to an activating group) is 1. The molecule has 1 aliphatic carbocycles. The van der Waals surface area contributed by atoms with E-state index in [0.29, 0.717) is 11.1 Å². The normalized spacial score (nSPS) is 19.3. The molecule has 272 valence electrons. The number of amides is 1. The minimum Gasteiger partial charge on any atom is -0.508 e. The van der Waals surface area contributed by atoms with Gasteiger partial charge in [0.1, 0.15) is 47.7 Å². The van der Waals surface area contributed by atoms with Gasteiger partial charge in [-0.25, -0.2) is 23.1 Å². The Morgan fingerprint density at radius 1 is 1.21 bits per heavy atom. The maximum atomic E-state index is 17.0. The summed E-state index contributed by atoms with van der Waals surface area (Å²) in [6.45, 7) is 5.78. The van der Waals surface area contributed by atoms with Crippen molar-refractivity contribution in [3.05, 3.63) is 79.0 Å². The number of alkyl halides is 1. The summed E-state index contributed by atoms with van der Waals surface area (Å²) in [7, 11) is 1.73. The van der Waals surface area contributed by atoms with E-state index in [-0.39, 0.29) is 82.7 Å². The Kier molecular flexibility index (Phi) is 9.27. The van der Waals surface area contributed by atoms with E-state index < -0.39 is 28.9 Å². The maximum Gasteiger partial charge on any atom is 0.319 e. The zero-order valence-electron chi connectivity index (χ0n) is 29.2. The fraction of sp³-hybridized carbons (Fsp3) is 0.333. The third-order valence-electron chi connectivity index (χ3n) is 10.5. The quantitative estimate of drug-likeness (QED) is 0.124. The van der Waals surface area contributed by atoms with Crippen molar-refractivity contribution in [2.24, 2.45) is 0 Å². The second-order valence-electron chi connectivity index (χ2n) is 13.9. The van der Waals surface area contributed by atoms with Crippen LogP contribution in [0.15, 0.2) is 61.8 Å². The maximum absolute atomic E-state index is 17.0. The van der Waals surface area contributed by atoms with E-state index in [9.17, 15) is 18.7 Å². The molecular formula is C39H37F3N8O3. The van der Waals surface area contributed by atoms with Gasteiger partial charge in [0.15, 0.2) is 5.82 Å². The molecule has 0 unspecified atom stereocenters. The van der Waals surface area contributed by atoms with Crippen molar-refractivity contribution in [3.63, 3.8) is 0 Å². The SMILES string of the molecule is C#Cc1c(F)ccc2cc(O)cc(-c3ncc4c(NCC5(N(C)C(=O)C=C)CCCC5)nc(OC[C@]5(C)C[C@@H](F)CN5c5cncnc5)nc4c3F)c12. The lowest BCUT2D eigenvalue weighted by molar-refractivity contribution is -0.129. The van der Waals surface area contributed by atoms with Crippen LogP contribution in [0.25, 0.3) is 32.9 Å². The van der Waals surface area contributed by atoms with Gasteiger partial charge in [0, 0.05) is 37.2 Å².